The van der Waals surface area contributed by atoms with E-state index in [0.29, 0.717) is 36.4 Å². The van der Waals surface area contributed by atoms with Crippen LogP contribution in [0.2, 0.25) is 0 Å². The number of benzene rings is 1. The number of hydrogen-bond acceptors (Lipinski definition) is 7. The van der Waals surface area contributed by atoms with Gasteiger partial charge in [0.25, 0.3) is 5.91 Å². The number of amides is 1. The van der Waals surface area contributed by atoms with Crippen molar-refractivity contribution in [2.75, 3.05) is 17.6 Å². The monoisotopic (exact) mass is 497 g/mol. The highest BCUT2D eigenvalue weighted by Crippen LogP contribution is 2.35. The smallest absolute Gasteiger partial charge is 0.298 e. The molecule has 0 unspecified atom stereocenters. The normalized spacial score (nSPS) is 16.3. The summed E-state index contributed by atoms with van der Waals surface area (Å²) in [5.74, 6) is 2.62. The summed E-state index contributed by atoms with van der Waals surface area (Å²) >= 11 is 0. The molecule has 5 rings (SSSR count). The van der Waals surface area contributed by atoms with Crippen LogP contribution < -0.4 is 9.46 Å². The minimum atomic E-state index is -3.57. The Kier molecular flexibility index (Phi) is 6.15. The van der Waals surface area contributed by atoms with Crippen LogP contribution >= 0.6 is 0 Å². The molecule has 0 atom stereocenters. The van der Waals surface area contributed by atoms with Crippen LogP contribution in [0.15, 0.2) is 22.9 Å². The van der Waals surface area contributed by atoms with Crippen LogP contribution in [0.5, 0.6) is 5.75 Å². The lowest BCUT2D eigenvalue weighted by Crippen LogP contribution is -2.24. The Bertz CT molecular complexity index is 1390. The minimum absolute atomic E-state index is 0.0795. The fourth-order valence-corrected chi connectivity index (χ4v) is 6.45. The minimum Gasteiger partial charge on any atom is -0.496 e. The zero-order chi connectivity index (χ0) is 24.6. The molecule has 35 heavy (non-hydrogen) atoms. The number of hydrogen-bond donors (Lipinski definition) is 1. The Morgan fingerprint density at radius 1 is 1.29 bits per heavy atom. The molecule has 1 aliphatic heterocycles. The number of terminal acetylenes is 1. The average Bonchev–Trinajstić information content (AvgIpc) is 3.52. The van der Waals surface area contributed by atoms with Gasteiger partial charge in [-0.05, 0) is 42.4 Å². The van der Waals surface area contributed by atoms with Crippen molar-refractivity contribution in [3.8, 4) is 18.1 Å². The van der Waals surface area contributed by atoms with Crippen LogP contribution in [0.25, 0.3) is 11.0 Å². The standard InChI is InChI=1S/C24H27N5O5S/c1-3-22(30)28-12-18-13-29(25-19(18)14-28)11-17-9-20(33-2)23-21(10-17)34-26-24(23)27-35(31,32)15-16-7-5-4-6-8-16/h1,9-10,13,16H,4-8,11-12,14-15H2,2H3,(H,26,27). The average molecular weight is 498 g/mol. The van der Waals surface area contributed by atoms with Crippen molar-refractivity contribution in [1.29, 1.82) is 0 Å². The summed E-state index contributed by atoms with van der Waals surface area (Å²) in [4.78, 5) is 13.3. The largest absolute Gasteiger partial charge is 0.496 e. The van der Waals surface area contributed by atoms with Gasteiger partial charge in [-0.1, -0.05) is 24.4 Å². The van der Waals surface area contributed by atoms with Gasteiger partial charge >= 0.3 is 0 Å². The van der Waals surface area contributed by atoms with Gasteiger partial charge in [-0.25, -0.2) is 8.42 Å². The van der Waals surface area contributed by atoms with Crippen LogP contribution in [0.3, 0.4) is 0 Å². The molecule has 1 amide bonds. The highest BCUT2D eigenvalue weighted by molar-refractivity contribution is 7.92. The van der Waals surface area contributed by atoms with Crippen LogP contribution in [-0.4, -0.2) is 47.0 Å². The van der Waals surface area contributed by atoms with Crippen LogP contribution in [0.1, 0.15) is 48.9 Å². The first-order valence-corrected chi connectivity index (χ1v) is 13.3. The molecule has 1 N–H and O–H groups in total. The first-order chi connectivity index (χ1) is 16.8. The number of methoxy groups -OCH3 is 1. The Morgan fingerprint density at radius 2 is 2.09 bits per heavy atom. The summed E-state index contributed by atoms with van der Waals surface area (Å²) in [5.41, 5.74) is 3.03. The number of nitrogens with zero attached hydrogens (tertiary/aromatic N) is 4. The van der Waals surface area contributed by atoms with E-state index in [0.717, 1.165) is 42.5 Å². The lowest BCUT2D eigenvalue weighted by Gasteiger charge is -2.21. The molecular formula is C24H27N5O5S. The SMILES string of the molecule is C#CC(=O)N1Cc2cn(Cc3cc(OC)c4c(NS(=O)(=O)CC5CCCCC5)noc4c3)nc2C1. The topological polar surface area (TPSA) is 120 Å². The van der Waals surface area contributed by atoms with Gasteiger partial charge in [-0.15, -0.1) is 6.42 Å². The van der Waals surface area contributed by atoms with Gasteiger partial charge in [-0.3, -0.25) is 14.2 Å². The van der Waals surface area contributed by atoms with Crippen molar-refractivity contribution in [1.82, 2.24) is 19.8 Å². The van der Waals surface area contributed by atoms with E-state index in [2.05, 4.69) is 20.9 Å². The Balaban J connectivity index is 1.34. The van der Waals surface area contributed by atoms with Gasteiger partial charge in [0.2, 0.25) is 10.0 Å². The summed E-state index contributed by atoms with van der Waals surface area (Å²) in [6.45, 7) is 1.26. The number of sulfonamides is 1. The summed E-state index contributed by atoms with van der Waals surface area (Å²) < 4.78 is 41.0. The number of ether oxygens (including phenoxy) is 1. The van der Waals surface area contributed by atoms with Crippen molar-refractivity contribution < 1.29 is 22.5 Å². The van der Waals surface area contributed by atoms with Gasteiger partial charge in [0.1, 0.15) is 11.1 Å². The van der Waals surface area contributed by atoms with E-state index in [4.69, 9.17) is 15.7 Å². The van der Waals surface area contributed by atoms with Crippen molar-refractivity contribution in [2.24, 2.45) is 5.92 Å². The molecule has 3 aromatic rings. The zero-order valence-corrected chi connectivity index (χ0v) is 20.3. The molecule has 1 aromatic carbocycles. The number of nitrogens with one attached hydrogen (secondary N) is 1. The van der Waals surface area contributed by atoms with E-state index in [-0.39, 0.29) is 23.4 Å². The lowest BCUT2D eigenvalue weighted by molar-refractivity contribution is -0.125. The number of anilines is 1. The van der Waals surface area contributed by atoms with Gasteiger partial charge in [0.05, 0.1) is 38.2 Å². The van der Waals surface area contributed by atoms with Gasteiger partial charge in [-0.2, -0.15) is 5.10 Å². The van der Waals surface area contributed by atoms with Crippen molar-refractivity contribution >= 4 is 32.7 Å². The van der Waals surface area contributed by atoms with E-state index >= 15 is 0 Å². The van der Waals surface area contributed by atoms with E-state index in [1.807, 2.05) is 12.3 Å². The third-order valence-electron chi connectivity index (χ3n) is 6.63. The summed E-state index contributed by atoms with van der Waals surface area (Å²) in [5, 5.41) is 9.04. The maximum absolute atomic E-state index is 12.8. The molecule has 1 saturated carbocycles. The van der Waals surface area contributed by atoms with Gasteiger partial charge < -0.3 is 14.2 Å². The molecular weight excluding hydrogens is 470 g/mol. The molecule has 3 heterocycles. The highest BCUT2D eigenvalue weighted by atomic mass is 32.2. The Morgan fingerprint density at radius 3 is 2.80 bits per heavy atom. The lowest BCUT2D eigenvalue weighted by atomic mass is 9.91. The number of aromatic nitrogens is 3. The molecule has 11 heteroatoms. The quantitative estimate of drug-likeness (QED) is 0.499. The molecule has 0 saturated heterocycles. The number of rotatable bonds is 7. The predicted molar refractivity (Wildman–Crippen MR) is 129 cm³/mol. The molecule has 2 aromatic heterocycles. The fourth-order valence-electron chi connectivity index (χ4n) is 4.98. The third kappa shape index (κ3) is 4.84. The second-order valence-electron chi connectivity index (χ2n) is 9.19. The first-order valence-electron chi connectivity index (χ1n) is 11.6. The second kappa shape index (κ2) is 9.26. The first kappa shape index (κ1) is 23.2. The zero-order valence-electron chi connectivity index (χ0n) is 19.5. The summed E-state index contributed by atoms with van der Waals surface area (Å²) in [6, 6.07) is 3.62. The van der Waals surface area contributed by atoms with Crippen LogP contribution in [0, 0.1) is 18.3 Å². The van der Waals surface area contributed by atoms with E-state index in [1.54, 1.807) is 15.6 Å². The molecule has 1 fully saturated rings. The summed E-state index contributed by atoms with van der Waals surface area (Å²) in [6.07, 6.45) is 12.3. The second-order valence-corrected chi connectivity index (χ2v) is 11.0. The van der Waals surface area contributed by atoms with E-state index < -0.39 is 10.0 Å². The Labute approximate surface area is 203 Å². The molecule has 10 nitrogen and oxygen atoms in total. The molecule has 0 radical (unpaired) electrons. The van der Waals surface area contributed by atoms with E-state index in [1.165, 1.54) is 13.5 Å². The highest BCUT2D eigenvalue weighted by Gasteiger charge is 2.27. The van der Waals surface area contributed by atoms with Crippen molar-refractivity contribution in [3.05, 3.63) is 35.2 Å². The molecule has 2 aliphatic rings. The number of carbonyl (C=O) groups excluding carboxylic acids is 1. The molecule has 1 aliphatic carbocycles. The predicted octanol–water partition coefficient (Wildman–Crippen LogP) is 2.88. The third-order valence-corrected chi connectivity index (χ3v) is 8.05. The molecule has 0 spiro atoms. The fraction of sp³-hybridized carbons (Fsp3) is 0.458. The maximum atomic E-state index is 12.8. The molecule has 0 bridgehead atoms. The molecule has 184 valence electrons. The number of carbonyl (C=O) groups is 1. The van der Waals surface area contributed by atoms with Crippen LogP contribution in [-0.2, 0) is 34.5 Å². The number of fused-ring (bicyclic) bond motifs is 2. The maximum Gasteiger partial charge on any atom is 0.298 e. The summed E-state index contributed by atoms with van der Waals surface area (Å²) in [7, 11) is -2.05. The van der Waals surface area contributed by atoms with E-state index in [9.17, 15) is 13.2 Å². The van der Waals surface area contributed by atoms with Gasteiger partial charge in [0.15, 0.2) is 11.4 Å². The Hall–Kier alpha value is -3.52. The van der Waals surface area contributed by atoms with Crippen LogP contribution in [0.4, 0.5) is 5.82 Å². The van der Waals surface area contributed by atoms with Crippen molar-refractivity contribution in [2.45, 2.75) is 51.7 Å². The van der Waals surface area contributed by atoms with Gasteiger partial charge in [0, 0.05) is 11.8 Å². The van der Waals surface area contributed by atoms with Crippen molar-refractivity contribution in [3.63, 3.8) is 0 Å².